The van der Waals surface area contributed by atoms with Crippen LogP contribution >= 0.6 is 11.6 Å². The molecule has 12 heteroatoms. The summed E-state index contributed by atoms with van der Waals surface area (Å²) >= 11 is 6.18. The SMILES string of the molecule is COC(=O)c1ccccc1-n1ncc(NCCNc2ccc(C(F)(F)F)cn2)c(Cl)c1=O. The summed E-state index contributed by atoms with van der Waals surface area (Å²) < 4.78 is 43.4. The first-order chi connectivity index (χ1) is 15.2. The number of hydrogen-bond donors (Lipinski definition) is 2. The number of nitrogens with zero attached hydrogens (tertiary/aromatic N) is 3. The van der Waals surface area contributed by atoms with Gasteiger partial charge in [0.25, 0.3) is 5.56 Å². The molecule has 32 heavy (non-hydrogen) atoms. The average molecular weight is 468 g/mol. The molecule has 0 saturated carbocycles. The number of hydrogen-bond acceptors (Lipinski definition) is 7. The summed E-state index contributed by atoms with van der Waals surface area (Å²) in [6, 6.07) is 8.43. The minimum atomic E-state index is -4.45. The second-order valence-electron chi connectivity index (χ2n) is 6.38. The lowest BCUT2D eigenvalue weighted by Gasteiger charge is -2.13. The standard InChI is InChI=1S/C20H17ClF3N5O3/c1-32-19(31)13-4-2-3-5-15(13)29-18(30)17(21)14(11-28-29)25-8-9-26-16-7-6-12(10-27-16)20(22,23)24/h2-7,10-11,25H,8-9H2,1H3,(H,26,27). The zero-order valence-electron chi connectivity index (χ0n) is 16.6. The van der Waals surface area contributed by atoms with E-state index >= 15 is 0 Å². The van der Waals surface area contributed by atoms with Crippen molar-refractivity contribution < 1.29 is 22.7 Å². The van der Waals surface area contributed by atoms with Crippen molar-refractivity contribution in [3.63, 3.8) is 0 Å². The maximum Gasteiger partial charge on any atom is 0.417 e. The smallest absolute Gasteiger partial charge is 0.417 e. The maximum atomic E-state index is 12.7. The van der Waals surface area contributed by atoms with Crippen molar-refractivity contribution >= 4 is 29.1 Å². The van der Waals surface area contributed by atoms with E-state index in [1.54, 1.807) is 12.1 Å². The zero-order chi connectivity index (χ0) is 23.3. The Morgan fingerprint density at radius 3 is 2.50 bits per heavy atom. The van der Waals surface area contributed by atoms with E-state index < -0.39 is 23.3 Å². The predicted molar refractivity (Wildman–Crippen MR) is 112 cm³/mol. The van der Waals surface area contributed by atoms with Gasteiger partial charge in [-0.05, 0) is 24.3 Å². The topological polar surface area (TPSA) is 98.1 Å². The Bertz CT molecular complexity index is 1170. The molecule has 2 heterocycles. The van der Waals surface area contributed by atoms with Crippen LogP contribution in [0.4, 0.5) is 24.7 Å². The van der Waals surface area contributed by atoms with Gasteiger partial charge in [0, 0.05) is 19.3 Å². The number of rotatable bonds is 7. The van der Waals surface area contributed by atoms with Crippen molar-refractivity contribution in [3.8, 4) is 5.69 Å². The van der Waals surface area contributed by atoms with Crippen molar-refractivity contribution in [3.05, 3.63) is 75.3 Å². The Morgan fingerprint density at radius 2 is 1.84 bits per heavy atom. The van der Waals surface area contributed by atoms with E-state index in [4.69, 9.17) is 16.3 Å². The fourth-order valence-electron chi connectivity index (χ4n) is 2.72. The third-order valence-corrected chi connectivity index (χ3v) is 4.66. The molecule has 0 radical (unpaired) electrons. The van der Waals surface area contributed by atoms with Gasteiger partial charge in [0.1, 0.15) is 10.8 Å². The molecule has 0 unspecified atom stereocenters. The largest absolute Gasteiger partial charge is 0.465 e. The fourth-order valence-corrected chi connectivity index (χ4v) is 2.92. The van der Waals surface area contributed by atoms with E-state index in [-0.39, 0.29) is 40.9 Å². The van der Waals surface area contributed by atoms with Crippen molar-refractivity contribution in [2.45, 2.75) is 6.18 Å². The zero-order valence-corrected chi connectivity index (χ0v) is 17.4. The number of anilines is 2. The summed E-state index contributed by atoms with van der Waals surface area (Å²) in [6.45, 7) is 0.551. The van der Waals surface area contributed by atoms with Gasteiger partial charge in [-0.3, -0.25) is 4.79 Å². The number of benzene rings is 1. The van der Waals surface area contributed by atoms with Crippen LogP contribution in [0.5, 0.6) is 0 Å². The molecule has 3 rings (SSSR count). The number of para-hydroxylation sites is 1. The second-order valence-corrected chi connectivity index (χ2v) is 6.76. The number of alkyl halides is 3. The second kappa shape index (κ2) is 9.69. The molecule has 0 atom stereocenters. The summed E-state index contributed by atoms with van der Waals surface area (Å²) in [5.41, 5.74) is -0.869. The summed E-state index contributed by atoms with van der Waals surface area (Å²) in [7, 11) is 1.23. The van der Waals surface area contributed by atoms with Crippen LogP contribution in [0.3, 0.4) is 0 Å². The van der Waals surface area contributed by atoms with Crippen LogP contribution in [0.15, 0.2) is 53.6 Å². The number of carbonyl (C=O) groups is 1. The van der Waals surface area contributed by atoms with Crippen molar-refractivity contribution in [2.75, 3.05) is 30.8 Å². The normalized spacial score (nSPS) is 11.2. The molecule has 8 nitrogen and oxygen atoms in total. The minimum absolute atomic E-state index is 0.146. The van der Waals surface area contributed by atoms with E-state index in [9.17, 15) is 22.8 Å². The Balaban J connectivity index is 1.67. The molecule has 3 aromatic rings. The molecule has 2 N–H and O–H groups in total. The van der Waals surface area contributed by atoms with Gasteiger partial charge in [0.15, 0.2) is 0 Å². The van der Waals surface area contributed by atoms with E-state index in [0.717, 1.165) is 16.9 Å². The number of methoxy groups -OCH3 is 1. The number of pyridine rings is 1. The molecule has 0 aliphatic heterocycles. The van der Waals surface area contributed by atoms with Gasteiger partial charge in [-0.1, -0.05) is 23.7 Å². The molecule has 0 aliphatic carbocycles. The third kappa shape index (κ3) is 5.17. The Hall–Kier alpha value is -3.60. The summed E-state index contributed by atoms with van der Waals surface area (Å²) in [6.07, 6.45) is -2.38. The lowest BCUT2D eigenvalue weighted by Crippen LogP contribution is -2.25. The minimum Gasteiger partial charge on any atom is -0.465 e. The number of esters is 1. The molecular weight excluding hydrogens is 451 g/mol. The summed E-state index contributed by atoms with van der Waals surface area (Å²) in [5, 5.41) is 9.69. The van der Waals surface area contributed by atoms with Crippen LogP contribution in [-0.4, -0.2) is 40.9 Å². The highest BCUT2D eigenvalue weighted by atomic mass is 35.5. The molecule has 168 valence electrons. The van der Waals surface area contributed by atoms with E-state index in [0.29, 0.717) is 0 Å². The van der Waals surface area contributed by atoms with Gasteiger partial charge < -0.3 is 15.4 Å². The Kier molecular flexibility index (Phi) is 6.98. The lowest BCUT2D eigenvalue weighted by molar-refractivity contribution is -0.137. The van der Waals surface area contributed by atoms with Gasteiger partial charge in [-0.15, -0.1) is 0 Å². The molecule has 0 aliphatic rings. The van der Waals surface area contributed by atoms with Crippen LogP contribution in [-0.2, 0) is 10.9 Å². The van der Waals surface area contributed by atoms with Gasteiger partial charge in [-0.25, -0.2) is 9.78 Å². The van der Waals surface area contributed by atoms with E-state index in [1.807, 2.05) is 0 Å². The highest BCUT2D eigenvalue weighted by Gasteiger charge is 2.30. The molecule has 1 aromatic carbocycles. The van der Waals surface area contributed by atoms with Gasteiger partial charge in [0.05, 0.1) is 35.8 Å². The molecule has 0 spiro atoms. The van der Waals surface area contributed by atoms with Crippen LogP contribution < -0.4 is 16.2 Å². The number of carbonyl (C=O) groups excluding carboxylic acids is 1. The first-order valence-electron chi connectivity index (χ1n) is 9.19. The predicted octanol–water partition coefficient (Wildman–Crippen LogP) is 3.61. The Labute approximate surface area is 185 Å². The molecule has 0 amide bonds. The van der Waals surface area contributed by atoms with Crippen LogP contribution in [0.2, 0.25) is 5.02 Å². The van der Waals surface area contributed by atoms with Crippen LogP contribution in [0, 0.1) is 0 Å². The third-order valence-electron chi connectivity index (χ3n) is 4.29. The summed E-state index contributed by atoms with van der Waals surface area (Å²) in [4.78, 5) is 28.3. The van der Waals surface area contributed by atoms with Crippen molar-refractivity contribution in [1.29, 1.82) is 0 Å². The van der Waals surface area contributed by atoms with Crippen molar-refractivity contribution in [1.82, 2.24) is 14.8 Å². The first kappa shape index (κ1) is 23.1. The molecule has 2 aromatic heterocycles. The van der Waals surface area contributed by atoms with E-state index in [1.165, 1.54) is 31.5 Å². The molecule has 0 saturated heterocycles. The molecule has 0 fully saturated rings. The van der Waals surface area contributed by atoms with Gasteiger partial charge in [-0.2, -0.15) is 23.0 Å². The number of nitrogens with one attached hydrogen (secondary N) is 2. The van der Waals surface area contributed by atoms with Crippen molar-refractivity contribution in [2.24, 2.45) is 0 Å². The number of halogens is 4. The summed E-state index contributed by atoms with van der Waals surface area (Å²) in [5.74, 6) is -0.366. The first-order valence-corrected chi connectivity index (χ1v) is 9.56. The highest BCUT2D eigenvalue weighted by Crippen LogP contribution is 2.28. The Morgan fingerprint density at radius 1 is 1.12 bits per heavy atom. The average Bonchev–Trinajstić information content (AvgIpc) is 2.78. The maximum absolute atomic E-state index is 12.7. The van der Waals surface area contributed by atoms with E-state index in [2.05, 4.69) is 20.7 Å². The monoisotopic (exact) mass is 467 g/mol. The number of aromatic nitrogens is 3. The lowest BCUT2D eigenvalue weighted by atomic mass is 10.2. The quantitative estimate of drug-likeness (QED) is 0.404. The van der Waals surface area contributed by atoms with Gasteiger partial charge >= 0.3 is 12.1 Å². The van der Waals surface area contributed by atoms with Crippen LogP contribution in [0.25, 0.3) is 5.69 Å². The highest BCUT2D eigenvalue weighted by molar-refractivity contribution is 6.33. The van der Waals surface area contributed by atoms with Gasteiger partial charge in [0.2, 0.25) is 0 Å². The molecule has 0 bridgehead atoms. The van der Waals surface area contributed by atoms with Crippen LogP contribution in [0.1, 0.15) is 15.9 Å². The fraction of sp³-hybridized carbons (Fsp3) is 0.200. The number of ether oxygens (including phenoxy) is 1. The molecular formula is C20H17ClF3N5O3.